The van der Waals surface area contributed by atoms with Gasteiger partial charge < -0.3 is 10.5 Å². The summed E-state index contributed by atoms with van der Waals surface area (Å²) in [5.74, 6) is -0.0797. The Morgan fingerprint density at radius 1 is 1.60 bits per heavy atom. The van der Waals surface area contributed by atoms with Gasteiger partial charge in [0.25, 0.3) is 0 Å². The highest BCUT2D eigenvalue weighted by molar-refractivity contribution is 9.10. The van der Waals surface area contributed by atoms with Gasteiger partial charge in [-0.15, -0.1) is 0 Å². The normalized spacial score (nSPS) is 12.7. The number of nitrogens with two attached hydrogens (primary N) is 1. The van der Waals surface area contributed by atoms with Crippen molar-refractivity contribution in [2.75, 3.05) is 13.7 Å². The molecule has 0 aliphatic heterocycles. The van der Waals surface area contributed by atoms with Crippen LogP contribution in [0.25, 0.3) is 0 Å². The number of benzene rings is 1. The molecule has 1 aromatic carbocycles. The van der Waals surface area contributed by atoms with Crippen molar-refractivity contribution in [2.24, 2.45) is 5.73 Å². The van der Waals surface area contributed by atoms with Crippen molar-refractivity contribution in [2.45, 2.75) is 19.8 Å². The highest BCUT2D eigenvalue weighted by Gasteiger charge is 2.18. The van der Waals surface area contributed by atoms with Gasteiger partial charge in [-0.2, -0.15) is 0 Å². The molecule has 0 aromatic heterocycles. The molecule has 2 N–H and O–H groups in total. The zero-order chi connectivity index (χ0) is 11.6. The maximum absolute atomic E-state index is 13.9. The van der Waals surface area contributed by atoms with Crippen LogP contribution in [0.4, 0.5) is 4.39 Å². The Labute approximate surface area is 97.7 Å². The largest absolute Gasteiger partial charge is 0.492 e. The molecule has 2 nitrogen and oxygen atoms in total. The van der Waals surface area contributed by atoms with Gasteiger partial charge in [0, 0.05) is 0 Å². The summed E-state index contributed by atoms with van der Waals surface area (Å²) >= 11 is 3.30. The molecule has 1 aromatic rings. The van der Waals surface area contributed by atoms with Crippen molar-refractivity contribution in [3.05, 3.63) is 27.5 Å². The fourth-order valence-electron chi connectivity index (χ4n) is 1.43. The first-order valence-corrected chi connectivity index (χ1v) is 5.54. The second-order valence-corrected chi connectivity index (χ2v) is 4.37. The maximum Gasteiger partial charge on any atom is 0.169 e. The minimum Gasteiger partial charge on any atom is -0.492 e. The van der Waals surface area contributed by atoms with E-state index < -0.39 is 0 Å². The number of rotatable bonds is 3. The molecule has 0 fully saturated rings. The van der Waals surface area contributed by atoms with Crippen LogP contribution in [0.1, 0.15) is 24.0 Å². The summed E-state index contributed by atoms with van der Waals surface area (Å²) in [7, 11) is 1.46. The average molecular weight is 276 g/mol. The van der Waals surface area contributed by atoms with Crippen molar-refractivity contribution < 1.29 is 9.13 Å². The molecule has 1 atom stereocenters. The molecule has 84 valence electrons. The van der Waals surface area contributed by atoms with Crippen LogP contribution in [-0.4, -0.2) is 13.7 Å². The topological polar surface area (TPSA) is 35.2 Å². The number of ether oxygens (including phenoxy) is 1. The van der Waals surface area contributed by atoms with Crippen LogP contribution in [0.5, 0.6) is 5.75 Å². The average Bonchev–Trinajstić information content (AvgIpc) is 2.23. The Kier molecular flexibility index (Phi) is 4.11. The number of halogens is 2. The molecular formula is C11H15BrFNO. The summed E-state index contributed by atoms with van der Waals surface area (Å²) in [4.78, 5) is 0. The predicted octanol–water partition coefficient (Wildman–Crippen LogP) is 2.97. The number of hydrogen-bond acceptors (Lipinski definition) is 2. The van der Waals surface area contributed by atoms with E-state index in [1.54, 1.807) is 6.07 Å². The third kappa shape index (κ3) is 2.32. The van der Waals surface area contributed by atoms with Crippen LogP contribution in [0, 0.1) is 12.7 Å². The Hall–Kier alpha value is -0.610. The smallest absolute Gasteiger partial charge is 0.169 e. The first kappa shape index (κ1) is 12.5. The zero-order valence-corrected chi connectivity index (χ0v) is 10.7. The standard InChI is InChI=1S/C11H15BrFNO/c1-6-4-8(7(2)5-14)10(13)11(15-3)9(6)12/h4,7H,5,14H2,1-3H3. The van der Waals surface area contributed by atoms with Gasteiger partial charge in [0.1, 0.15) is 0 Å². The van der Waals surface area contributed by atoms with Crippen molar-refractivity contribution in [3.8, 4) is 5.75 Å². The minimum atomic E-state index is -0.326. The molecule has 0 amide bonds. The fraction of sp³-hybridized carbons (Fsp3) is 0.455. The van der Waals surface area contributed by atoms with Gasteiger partial charge in [0.15, 0.2) is 11.6 Å². The van der Waals surface area contributed by atoms with Gasteiger partial charge in [-0.1, -0.05) is 13.0 Å². The van der Waals surface area contributed by atoms with E-state index in [0.29, 0.717) is 16.6 Å². The SMILES string of the molecule is COc1c(F)c(C(C)CN)cc(C)c1Br. The van der Waals surface area contributed by atoms with Gasteiger partial charge in [-0.05, 0) is 46.4 Å². The van der Waals surface area contributed by atoms with Crippen LogP contribution < -0.4 is 10.5 Å². The van der Waals surface area contributed by atoms with Gasteiger partial charge in [-0.25, -0.2) is 4.39 Å². The number of methoxy groups -OCH3 is 1. The highest BCUT2D eigenvalue weighted by Crippen LogP contribution is 2.35. The van der Waals surface area contributed by atoms with Gasteiger partial charge in [0.05, 0.1) is 11.6 Å². The Bertz CT molecular complexity index is 368. The van der Waals surface area contributed by atoms with Crippen molar-refractivity contribution in [1.29, 1.82) is 0 Å². The first-order valence-electron chi connectivity index (χ1n) is 4.75. The molecule has 1 rings (SSSR count). The zero-order valence-electron chi connectivity index (χ0n) is 9.10. The molecule has 0 bridgehead atoms. The van der Waals surface area contributed by atoms with Crippen LogP contribution in [0.2, 0.25) is 0 Å². The van der Waals surface area contributed by atoms with Gasteiger partial charge >= 0.3 is 0 Å². The number of aryl methyl sites for hydroxylation is 1. The van der Waals surface area contributed by atoms with Crippen LogP contribution in [0.3, 0.4) is 0 Å². The quantitative estimate of drug-likeness (QED) is 0.921. The van der Waals surface area contributed by atoms with Gasteiger partial charge in [-0.3, -0.25) is 0 Å². The summed E-state index contributed by atoms with van der Waals surface area (Å²) in [5, 5.41) is 0. The summed E-state index contributed by atoms with van der Waals surface area (Å²) in [6, 6.07) is 1.81. The second kappa shape index (κ2) is 4.94. The third-order valence-corrected chi connectivity index (χ3v) is 3.44. The molecule has 0 saturated carbocycles. The lowest BCUT2D eigenvalue weighted by atomic mass is 9.98. The Balaban J connectivity index is 3.36. The molecule has 4 heteroatoms. The van der Waals surface area contributed by atoms with E-state index >= 15 is 0 Å². The van der Waals surface area contributed by atoms with Gasteiger partial charge in [0.2, 0.25) is 0 Å². The molecule has 15 heavy (non-hydrogen) atoms. The molecule has 0 saturated heterocycles. The molecular weight excluding hydrogens is 261 g/mol. The molecule has 0 heterocycles. The minimum absolute atomic E-state index is 0.00861. The van der Waals surface area contributed by atoms with Crippen LogP contribution in [-0.2, 0) is 0 Å². The maximum atomic E-state index is 13.9. The molecule has 0 radical (unpaired) electrons. The molecule has 1 unspecified atom stereocenters. The third-order valence-electron chi connectivity index (χ3n) is 2.46. The number of hydrogen-bond donors (Lipinski definition) is 1. The highest BCUT2D eigenvalue weighted by atomic mass is 79.9. The van der Waals surface area contributed by atoms with Crippen molar-refractivity contribution in [3.63, 3.8) is 0 Å². The van der Waals surface area contributed by atoms with Crippen LogP contribution >= 0.6 is 15.9 Å². The lowest BCUT2D eigenvalue weighted by Gasteiger charge is -2.15. The lowest BCUT2D eigenvalue weighted by Crippen LogP contribution is -2.11. The van der Waals surface area contributed by atoms with Crippen molar-refractivity contribution in [1.82, 2.24) is 0 Å². The van der Waals surface area contributed by atoms with E-state index in [2.05, 4.69) is 15.9 Å². The van der Waals surface area contributed by atoms with E-state index in [1.807, 2.05) is 13.8 Å². The summed E-state index contributed by atoms with van der Waals surface area (Å²) in [6.45, 7) is 4.21. The Morgan fingerprint density at radius 3 is 2.67 bits per heavy atom. The van der Waals surface area contributed by atoms with E-state index in [1.165, 1.54) is 7.11 Å². The van der Waals surface area contributed by atoms with E-state index in [9.17, 15) is 4.39 Å². The summed E-state index contributed by atoms with van der Waals surface area (Å²) in [5.41, 5.74) is 7.09. The molecule has 0 spiro atoms. The summed E-state index contributed by atoms with van der Waals surface area (Å²) in [6.07, 6.45) is 0. The molecule has 0 aliphatic carbocycles. The van der Waals surface area contributed by atoms with E-state index in [4.69, 9.17) is 10.5 Å². The van der Waals surface area contributed by atoms with E-state index in [-0.39, 0.29) is 17.5 Å². The summed E-state index contributed by atoms with van der Waals surface area (Å²) < 4.78 is 19.6. The molecule has 0 aliphatic rings. The first-order chi connectivity index (χ1) is 7.02. The second-order valence-electron chi connectivity index (χ2n) is 3.58. The lowest BCUT2D eigenvalue weighted by molar-refractivity contribution is 0.379. The van der Waals surface area contributed by atoms with Crippen molar-refractivity contribution >= 4 is 15.9 Å². The monoisotopic (exact) mass is 275 g/mol. The van der Waals surface area contributed by atoms with E-state index in [0.717, 1.165) is 5.56 Å². The Morgan fingerprint density at radius 2 is 2.20 bits per heavy atom. The fourth-order valence-corrected chi connectivity index (χ4v) is 1.88. The predicted molar refractivity (Wildman–Crippen MR) is 62.9 cm³/mol. The van der Waals surface area contributed by atoms with Crippen LogP contribution in [0.15, 0.2) is 10.5 Å².